The zero-order chi connectivity index (χ0) is 13.6. The molecule has 1 N–H and O–H groups in total. The van der Waals surface area contributed by atoms with Crippen molar-refractivity contribution in [2.75, 3.05) is 0 Å². The van der Waals surface area contributed by atoms with Gasteiger partial charge in [0.2, 0.25) is 0 Å². The number of nitrogens with one attached hydrogen (secondary N) is 1. The minimum absolute atomic E-state index is 0.0752. The SMILES string of the molecule is CC(C)(C)c1csc(CC(=O)C2CC3CCC2N3)n1. The Labute approximate surface area is 118 Å². The van der Waals surface area contributed by atoms with Gasteiger partial charge in [0.1, 0.15) is 10.8 Å². The van der Waals surface area contributed by atoms with Crippen LogP contribution in [0.4, 0.5) is 0 Å². The van der Waals surface area contributed by atoms with E-state index in [9.17, 15) is 4.79 Å². The number of hydrogen-bond acceptors (Lipinski definition) is 4. The van der Waals surface area contributed by atoms with Crippen molar-refractivity contribution < 1.29 is 4.79 Å². The zero-order valence-corrected chi connectivity index (χ0v) is 12.7. The quantitative estimate of drug-likeness (QED) is 0.924. The molecule has 2 bridgehead atoms. The number of hydrogen-bond donors (Lipinski definition) is 1. The molecule has 4 heteroatoms. The molecule has 1 aromatic heterocycles. The lowest BCUT2D eigenvalue weighted by atomic mass is 9.85. The van der Waals surface area contributed by atoms with Crippen LogP contribution < -0.4 is 5.32 Å². The Morgan fingerprint density at radius 3 is 2.79 bits per heavy atom. The molecule has 2 fully saturated rings. The van der Waals surface area contributed by atoms with E-state index in [1.165, 1.54) is 12.8 Å². The van der Waals surface area contributed by atoms with Crippen LogP contribution in [0.1, 0.15) is 50.7 Å². The van der Waals surface area contributed by atoms with E-state index in [1.54, 1.807) is 11.3 Å². The molecule has 0 spiro atoms. The van der Waals surface area contributed by atoms with Crippen LogP contribution in [0.25, 0.3) is 0 Å². The summed E-state index contributed by atoms with van der Waals surface area (Å²) >= 11 is 1.63. The van der Waals surface area contributed by atoms with Gasteiger partial charge in [-0.1, -0.05) is 20.8 Å². The Kier molecular flexibility index (Phi) is 3.26. The van der Waals surface area contributed by atoms with Crippen LogP contribution in [-0.4, -0.2) is 22.9 Å². The second-order valence-corrected chi connectivity index (χ2v) is 7.85. The maximum absolute atomic E-state index is 12.4. The standard InChI is InChI=1S/C15H22N2OS/c1-15(2,3)13-8-19-14(17-13)7-12(18)10-6-9-4-5-11(10)16-9/h8-11,16H,4-7H2,1-3H3. The lowest BCUT2D eigenvalue weighted by Crippen LogP contribution is -2.29. The van der Waals surface area contributed by atoms with E-state index in [0.717, 1.165) is 17.1 Å². The number of aromatic nitrogens is 1. The fraction of sp³-hybridized carbons (Fsp3) is 0.733. The highest BCUT2D eigenvalue weighted by Crippen LogP contribution is 2.34. The van der Waals surface area contributed by atoms with E-state index in [4.69, 9.17) is 0 Å². The van der Waals surface area contributed by atoms with E-state index in [-0.39, 0.29) is 11.3 Å². The molecule has 104 valence electrons. The summed E-state index contributed by atoms with van der Waals surface area (Å²) < 4.78 is 0. The van der Waals surface area contributed by atoms with Crippen molar-refractivity contribution in [2.45, 2.75) is 64.0 Å². The molecule has 0 aromatic carbocycles. The van der Waals surface area contributed by atoms with Gasteiger partial charge in [-0.05, 0) is 19.3 Å². The molecule has 0 saturated carbocycles. The van der Waals surface area contributed by atoms with Crippen molar-refractivity contribution in [1.29, 1.82) is 0 Å². The molecule has 0 aliphatic carbocycles. The molecule has 3 heterocycles. The summed E-state index contributed by atoms with van der Waals surface area (Å²) in [6.07, 6.45) is 3.99. The molecule has 3 nitrogen and oxygen atoms in total. The maximum atomic E-state index is 12.4. The minimum Gasteiger partial charge on any atom is -0.310 e. The lowest BCUT2D eigenvalue weighted by molar-refractivity contribution is -0.122. The first-order valence-electron chi connectivity index (χ1n) is 7.17. The van der Waals surface area contributed by atoms with Crippen LogP contribution >= 0.6 is 11.3 Å². The van der Waals surface area contributed by atoms with Crippen LogP contribution in [-0.2, 0) is 16.6 Å². The highest BCUT2D eigenvalue weighted by molar-refractivity contribution is 7.09. The second kappa shape index (κ2) is 4.67. The molecule has 19 heavy (non-hydrogen) atoms. The molecular weight excluding hydrogens is 256 g/mol. The van der Waals surface area contributed by atoms with Gasteiger partial charge in [0, 0.05) is 28.8 Å². The molecule has 3 rings (SSSR count). The first-order valence-corrected chi connectivity index (χ1v) is 8.05. The Balaban J connectivity index is 1.65. The second-order valence-electron chi connectivity index (χ2n) is 6.91. The summed E-state index contributed by atoms with van der Waals surface area (Å²) in [4.78, 5) is 17.0. The highest BCUT2D eigenvalue weighted by atomic mass is 32.1. The number of ketones is 1. The van der Waals surface area contributed by atoms with E-state index < -0.39 is 0 Å². The fourth-order valence-electron chi connectivity index (χ4n) is 3.20. The Hall–Kier alpha value is -0.740. The smallest absolute Gasteiger partial charge is 0.144 e. The Morgan fingerprint density at radius 2 is 2.26 bits per heavy atom. The van der Waals surface area contributed by atoms with Crippen LogP contribution in [0, 0.1) is 5.92 Å². The van der Waals surface area contributed by atoms with Crippen molar-refractivity contribution in [3.63, 3.8) is 0 Å². The Morgan fingerprint density at radius 1 is 1.47 bits per heavy atom. The number of carbonyl (C=O) groups is 1. The monoisotopic (exact) mass is 278 g/mol. The van der Waals surface area contributed by atoms with Gasteiger partial charge in [0.25, 0.3) is 0 Å². The third-order valence-corrected chi connectivity index (χ3v) is 5.21. The molecule has 3 atom stereocenters. The maximum Gasteiger partial charge on any atom is 0.144 e. The van der Waals surface area contributed by atoms with Gasteiger partial charge in [-0.2, -0.15) is 0 Å². The zero-order valence-electron chi connectivity index (χ0n) is 11.9. The summed E-state index contributed by atoms with van der Waals surface area (Å²) in [5.41, 5.74) is 1.18. The summed E-state index contributed by atoms with van der Waals surface area (Å²) in [5, 5.41) is 6.62. The summed E-state index contributed by atoms with van der Waals surface area (Å²) in [6, 6.07) is 1.04. The molecule has 2 aliphatic rings. The van der Waals surface area contributed by atoms with Gasteiger partial charge in [-0.15, -0.1) is 11.3 Å². The van der Waals surface area contributed by atoms with E-state index in [1.807, 2.05) is 0 Å². The van der Waals surface area contributed by atoms with Gasteiger partial charge in [-0.25, -0.2) is 4.98 Å². The molecule has 2 aliphatic heterocycles. The van der Waals surface area contributed by atoms with Crippen LogP contribution in [0.15, 0.2) is 5.38 Å². The van der Waals surface area contributed by atoms with Crippen molar-refractivity contribution in [1.82, 2.24) is 10.3 Å². The topological polar surface area (TPSA) is 42.0 Å². The fourth-order valence-corrected chi connectivity index (χ4v) is 4.23. The number of carbonyl (C=O) groups excluding carboxylic acids is 1. The average Bonchev–Trinajstić information content (AvgIpc) is 3.02. The largest absolute Gasteiger partial charge is 0.310 e. The average molecular weight is 278 g/mol. The van der Waals surface area contributed by atoms with Crippen molar-refractivity contribution >= 4 is 17.1 Å². The molecule has 3 unspecified atom stereocenters. The normalized spacial score (nSPS) is 29.9. The van der Waals surface area contributed by atoms with Crippen LogP contribution in [0.2, 0.25) is 0 Å². The summed E-state index contributed by atoms with van der Waals surface area (Å²) in [6.45, 7) is 6.48. The van der Waals surface area contributed by atoms with Crippen molar-refractivity contribution in [3.05, 3.63) is 16.1 Å². The number of Topliss-reactive ketones (excluding diaryl/α,β-unsaturated/α-hetero) is 1. The number of fused-ring (bicyclic) bond motifs is 2. The number of rotatable bonds is 3. The first-order chi connectivity index (χ1) is 8.93. The van der Waals surface area contributed by atoms with E-state index in [2.05, 4.69) is 36.5 Å². The predicted octanol–water partition coefficient (Wildman–Crippen LogP) is 2.69. The summed E-state index contributed by atoms with van der Waals surface area (Å²) in [7, 11) is 0. The van der Waals surface area contributed by atoms with Gasteiger partial charge < -0.3 is 5.32 Å². The van der Waals surface area contributed by atoms with Crippen molar-refractivity contribution in [3.8, 4) is 0 Å². The Bertz CT molecular complexity index is 489. The van der Waals surface area contributed by atoms with Gasteiger partial charge in [0.15, 0.2) is 0 Å². The van der Waals surface area contributed by atoms with Crippen LogP contribution in [0.3, 0.4) is 0 Å². The van der Waals surface area contributed by atoms with E-state index >= 15 is 0 Å². The number of thiazole rings is 1. The third kappa shape index (κ3) is 2.61. The first kappa shape index (κ1) is 13.3. The molecule has 0 amide bonds. The minimum atomic E-state index is 0.0752. The predicted molar refractivity (Wildman–Crippen MR) is 77.6 cm³/mol. The highest BCUT2D eigenvalue weighted by Gasteiger charge is 2.42. The summed E-state index contributed by atoms with van der Waals surface area (Å²) in [5.74, 6) is 0.621. The third-order valence-electron chi connectivity index (χ3n) is 4.36. The van der Waals surface area contributed by atoms with Crippen LogP contribution in [0.5, 0.6) is 0 Å². The molecule has 0 radical (unpaired) electrons. The van der Waals surface area contributed by atoms with E-state index in [0.29, 0.717) is 24.3 Å². The molecular formula is C15H22N2OS. The van der Waals surface area contributed by atoms with Gasteiger partial charge >= 0.3 is 0 Å². The number of nitrogens with zero attached hydrogens (tertiary/aromatic N) is 1. The molecule has 2 saturated heterocycles. The lowest BCUT2D eigenvalue weighted by Gasteiger charge is -2.18. The van der Waals surface area contributed by atoms with Crippen molar-refractivity contribution in [2.24, 2.45) is 5.92 Å². The molecule has 1 aromatic rings. The van der Waals surface area contributed by atoms with Gasteiger partial charge in [-0.3, -0.25) is 4.79 Å². The van der Waals surface area contributed by atoms with Gasteiger partial charge in [0.05, 0.1) is 12.1 Å².